The fraction of sp³-hybridized carbons (Fsp3) is 0.250. The van der Waals surface area contributed by atoms with Crippen molar-refractivity contribution in [2.45, 2.75) is 26.1 Å². The summed E-state index contributed by atoms with van der Waals surface area (Å²) in [6, 6.07) is 10.9. The molecule has 0 aromatic heterocycles. The van der Waals surface area contributed by atoms with Crippen molar-refractivity contribution in [2.24, 2.45) is 5.73 Å². The maximum Gasteiger partial charge on any atom is 0.416 e. The molecule has 2 aromatic carbocycles. The first-order valence-electron chi connectivity index (χ1n) is 6.29. The van der Waals surface area contributed by atoms with Crippen molar-refractivity contribution in [1.29, 1.82) is 0 Å². The minimum Gasteiger partial charge on any atom is -0.320 e. The first-order chi connectivity index (χ1) is 9.29. The number of hydrogen-bond acceptors (Lipinski definition) is 1. The van der Waals surface area contributed by atoms with Gasteiger partial charge in [-0.15, -0.1) is 0 Å². The van der Waals surface area contributed by atoms with Gasteiger partial charge < -0.3 is 5.73 Å². The summed E-state index contributed by atoms with van der Waals surface area (Å²) in [6.45, 7) is 3.62. The fourth-order valence-electron chi connectivity index (χ4n) is 2.15. The Morgan fingerprint density at radius 2 is 1.55 bits per heavy atom. The molecular weight excluding hydrogens is 263 g/mol. The highest BCUT2D eigenvalue weighted by molar-refractivity contribution is 5.40. The first kappa shape index (κ1) is 14.6. The highest BCUT2D eigenvalue weighted by Crippen LogP contribution is 2.32. The zero-order chi connectivity index (χ0) is 14.9. The molecule has 0 fully saturated rings. The molecule has 0 saturated carbocycles. The van der Waals surface area contributed by atoms with Gasteiger partial charge in [0.15, 0.2) is 0 Å². The molecule has 0 amide bonds. The minimum absolute atomic E-state index is 0.419. The van der Waals surface area contributed by atoms with Gasteiger partial charge in [0, 0.05) is 0 Å². The van der Waals surface area contributed by atoms with E-state index in [1.54, 1.807) is 6.92 Å². The number of alkyl halides is 3. The molecule has 0 radical (unpaired) electrons. The molecule has 2 aromatic rings. The SMILES string of the molecule is Cc1ccc(C(N)c2ccc(C(F)(F)F)cc2C)cc1. The Kier molecular flexibility index (Phi) is 3.86. The van der Waals surface area contributed by atoms with E-state index in [2.05, 4.69) is 0 Å². The summed E-state index contributed by atoms with van der Waals surface area (Å²) >= 11 is 0. The molecule has 0 bridgehead atoms. The van der Waals surface area contributed by atoms with Gasteiger partial charge in [-0.2, -0.15) is 13.2 Å². The normalized spacial score (nSPS) is 13.3. The third-order valence-electron chi connectivity index (χ3n) is 3.37. The highest BCUT2D eigenvalue weighted by atomic mass is 19.4. The summed E-state index contributed by atoms with van der Waals surface area (Å²) < 4.78 is 37.9. The minimum atomic E-state index is -4.32. The quantitative estimate of drug-likeness (QED) is 0.868. The maximum atomic E-state index is 12.6. The summed E-state index contributed by atoms with van der Waals surface area (Å²) in [5.74, 6) is 0. The molecule has 1 nitrogen and oxygen atoms in total. The van der Waals surface area contributed by atoms with Crippen molar-refractivity contribution in [3.8, 4) is 0 Å². The van der Waals surface area contributed by atoms with Crippen LogP contribution in [0, 0.1) is 13.8 Å². The fourth-order valence-corrected chi connectivity index (χ4v) is 2.15. The van der Waals surface area contributed by atoms with E-state index in [0.29, 0.717) is 11.1 Å². The van der Waals surface area contributed by atoms with Crippen LogP contribution in [-0.2, 0) is 6.18 Å². The lowest BCUT2D eigenvalue weighted by atomic mass is 9.94. The standard InChI is InChI=1S/C16H16F3N/c1-10-3-5-12(6-4-10)15(20)14-8-7-13(9-11(14)2)16(17,18)19/h3-9,15H,20H2,1-2H3. The number of halogens is 3. The van der Waals surface area contributed by atoms with Crippen LogP contribution in [0.25, 0.3) is 0 Å². The summed E-state index contributed by atoms with van der Waals surface area (Å²) in [6.07, 6.45) is -4.32. The van der Waals surface area contributed by atoms with E-state index in [9.17, 15) is 13.2 Å². The molecular formula is C16H16F3N. The topological polar surface area (TPSA) is 26.0 Å². The van der Waals surface area contributed by atoms with Crippen LogP contribution in [0.15, 0.2) is 42.5 Å². The van der Waals surface area contributed by atoms with Crippen molar-refractivity contribution >= 4 is 0 Å². The number of nitrogens with two attached hydrogens (primary N) is 1. The van der Waals surface area contributed by atoms with Crippen molar-refractivity contribution in [3.63, 3.8) is 0 Å². The van der Waals surface area contributed by atoms with E-state index in [1.165, 1.54) is 6.07 Å². The van der Waals surface area contributed by atoms with Gasteiger partial charge in [-0.25, -0.2) is 0 Å². The van der Waals surface area contributed by atoms with Crippen LogP contribution < -0.4 is 5.73 Å². The van der Waals surface area contributed by atoms with Crippen LogP contribution >= 0.6 is 0 Å². The monoisotopic (exact) mass is 279 g/mol. The Labute approximate surface area is 116 Å². The average Bonchev–Trinajstić information content (AvgIpc) is 2.37. The molecule has 1 atom stereocenters. The molecule has 20 heavy (non-hydrogen) atoms. The molecule has 0 aliphatic heterocycles. The second-order valence-electron chi connectivity index (χ2n) is 4.96. The maximum absolute atomic E-state index is 12.6. The largest absolute Gasteiger partial charge is 0.416 e. The zero-order valence-corrected chi connectivity index (χ0v) is 11.3. The third kappa shape index (κ3) is 3.02. The number of benzene rings is 2. The van der Waals surface area contributed by atoms with Crippen LogP contribution in [0.1, 0.15) is 33.9 Å². The first-order valence-corrected chi connectivity index (χ1v) is 6.29. The smallest absolute Gasteiger partial charge is 0.320 e. The molecule has 1 unspecified atom stereocenters. The van der Waals surface area contributed by atoms with Crippen LogP contribution in [-0.4, -0.2) is 0 Å². The molecule has 106 valence electrons. The van der Waals surface area contributed by atoms with E-state index in [4.69, 9.17) is 5.73 Å². The molecule has 2 N–H and O–H groups in total. The van der Waals surface area contributed by atoms with E-state index in [0.717, 1.165) is 23.3 Å². The number of rotatable bonds is 2. The average molecular weight is 279 g/mol. The Balaban J connectivity index is 2.36. The molecule has 0 heterocycles. The number of hydrogen-bond donors (Lipinski definition) is 1. The summed E-state index contributed by atoms with van der Waals surface area (Å²) in [5.41, 5.74) is 8.76. The summed E-state index contributed by atoms with van der Waals surface area (Å²) in [5, 5.41) is 0. The van der Waals surface area contributed by atoms with E-state index in [-0.39, 0.29) is 0 Å². The predicted molar refractivity (Wildman–Crippen MR) is 73.4 cm³/mol. The van der Waals surface area contributed by atoms with Gasteiger partial charge in [-0.1, -0.05) is 35.9 Å². The van der Waals surface area contributed by atoms with Crippen LogP contribution in [0.3, 0.4) is 0 Å². The Bertz CT molecular complexity index is 600. The molecule has 0 aliphatic rings. The van der Waals surface area contributed by atoms with Crippen LogP contribution in [0.4, 0.5) is 13.2 Å². The second kappa shape index (κ2) is 5.29. The molecule has 0 aliphatic carbocycles. The third-order valence-corrected chi connectivity index (χ3v) is 3.37. The lowest BCUT2D eigenvalue weighted by molar-refractivity contribution is -0.137. The molecule has 0 saturated heterocycles. The highest BCUT2D eigenvalue weighted by Gasteiger charge is 2.30. The van der Waals surface area contributed by atoms with Crippen molar-refractivity contribution < 1.29 is 13.2 Å². The molecule has 2 rings (SSSR count). The van der Waals surface area contributed by atoms with E-state index < -0.39 is 17.8 Å². The van der Waals surface area contributed by atoms with E-state index in [1.807, 2.05) is 31.2 Å². The lowest BCUT2D eigenvalue weighted by Gasteiger charge is -2.17. The van der Waals surface area contributed by atoms with Gasteiger partial charge in [0.25, 0.3) is 0 Å². The predicted octanol–water partition coefficient (Wildman–Crippen LogP) is 4.37. The van der Waals surface area contributed by atoms with Gasteiger partial charge in [-0.3, -0.25) is 0 Å². The van der Waals surface area contributed by atoms with E-state index >= 15 is 0 Å². The van der Waals surface area contributed by atoms with Crippen LogP contribution in [0.2, 0.25) is 0 Å². The Hall–Kier alpha value is -1.81. The van der Waals surface area contributed by atoms with Crippen molar-refractivity contribution in [3.05, 3.63) is 70.3 Å². The number of aryl methyl sites for hydroxylation is 2. The summed E-state index contributed by atoms with van der Waals surface area (Å²) in [7, 11) is 0. The second-order valence-corrected chi connectivity index (χ2v) is 4.96. The summed E-state index contributed by atoms with van der Waals surface area (Å²) in [4.78, 5) is 0. The molecule has 4 heteroatoms. The van der Waals surface area contributed by atoms with Gasteiger partial charge in [-0.05, 0) is 42.7 Å². The Morgan fingerprint density at radius 1 is 0.950 bits per heavy atom. The Morgan fingerprint density at radius 3 is 2.05 bits per heavy atom. The van der Waals surface area contributed by atoms with Crippen molar-refractivity contribution in [2.75, 3.05) is 0 Å². The van der Waals surface area contributed by atoms with Gasteiger partial charge in [0.2, 0.25) is 0 Å². The lowest BCUT2D eigenvalue weighted by Crippen LogP contribution is -2.14. The van der Waals surface area contributed by atoms with Gasteiger partial charge in [0.05, 0.1) is 11.6 Å². The van der Waals surface area contributed by atoms with Crippen LogP contribution in [0.5, 0.6) is 0 Å². The van der Waals surface area contributed by atoms with Crippen molar-refractivity contribution in [1.82, 2.24) is 0 Å². The van der Waals surface area contributed by atoms with Gasteiger partial charge >= 0.3 is 6.18 Å². The zero-order valence-electron chi connectivity index (χ0n) is 11.3. The molecule has 0 spiro atoms. The van der Waals surface area contributed by atoms with Gasteiger partial charge in [0.1, 0.15) is 0 Å².